The molecule has 1 aliphatic rings. The maximum atomic E-state index is 5.35. The Hall–Kier alpha value is -6.72. The van der Waals surface area contributed by atoms with E-state index in [-0.39, 0.29) is 5.41 Å². The van der Waals surface area contributed by atoms with Gasteiger partial charge in [-0.25, -0.2) is 19.9 Å². The molecule has 2 aromatic heterocycles. The van der Waals surface area contributed by atoms with Gasteiger partial charge in [-0.3, -0.25) is 4.90 Å². The summed E-state index contributed by atoms with van der Waals surface area (Å²) in [6.07, 6.45) is 9.32. The van der Waals surface area contributed by atoms with Crippen molar-refractivity contribution in [2.75, 3.05) is 4.90 Å². The summed E-state index contributed by atoms with van der Waals surface area (Å²) in [5, 5.41) is 0. The van der Waals surface area contributed by atoms with Crippen LogP contribution in [0.25, 0.3) is 45.4 Å². The van der Waals surface area contributed by atoms with Crippen LogP contribution < -0.4 is 4.90 Å². The Kier molecular flexibility index (Phi) is 9.14. The van der Waals surface area contributed by atoms with Gasteiger partial charge in [0.25, 0.3) is 0 Å². The number of pyridine rings is 1. The molecule has 0 N–H and O–H groups in total. The lowest BCUT2D eigenvalue weighted by Crippen LogP contribution is -2.25. The van der Waals surface area contributed by atoms with E-state index in [1.54, 1.807) is 0 Å². The normalized spacial score (nSPS) is 14.6. The smallest absolute Gasteiger partial charge is 0.182 e. The average molecular weight is 686 g/mol. The second-order valence-corrected chi connectivity index (χ2v) is 13.6. The minimum Gasteiger partial charge on any atom is -0.295 e. The number of allylic oxidation sites excluding steroid dienone is 5. The summed E-state index contributed by atoms with van der Waals surface area (Å²) in [6.45, 7) is 9.06. The van der Waals surface area contributed by atoms with Crippen LogP contribution in [-0.4, -0.2) is 19.9 Å². The number of hydrogen-bond donors (Lipinski definition) is 0. The van der Waals surface area contributed by atoms with Gasteiger partial charge in [0.2, 0.25) is 0 Å². The highest BCUT2D eigenvalue weighted by Gasteiger charge is 2.32. The first kappa shape index (κ1) is 33.4. The lowest BCUT2D eigenvalue weighted by Gasteiger charge is -2.35. The van der Waals surface area contributed by atoms with E-state index in [1.165, 1.54) is 16.7 Å². The van der Waals surface area contributed by atoms with Crippen molar-refractivity contribution >= 4 is 17.2 Å². The maximum absolute atomic E-state index is 5.35. The van der Waals surface area contributed by atoms with E-state index >= 15 is 0 Å². The van der Waals surface area contributed by atoms with E-state index in [4.69, 9.17) is 19.9 Å². The van der Waals surface area contributed by atoms with E-state index in [1.807, 2.05) is 78.9 Å². The van der Waals surface area contributed by atoms with Crippen molar-refractivity contribution < 1.29 is 0 Å². The van der Waals surface area contributed by atoms with Crippen LogP contribution in [0.1, 0.15) is 25.0 Å². The molecule has 1 aliphatic carbocycles. The Morgan fingerprint density at radius 3 is 1.74 bits per heavy atom. The molecule has 5 aromatic carbocycles. The molecule has 0 saturated heterocycles. The predicted molar refractivity (Wildman–Crippen MR) is 218 cm³/mol. The molecule has 2 heterocycles. The highest BCUT2D eigenvalue weighted by molar-refractivity contribution is 5.81. The van der Waals surface area contributed by atoms with Crippen molar-refractivity contribution in [3.8, 4) is 45.4 Å². The summed E-state index contributed by atoms with van der Waals surface area (Å²) >= 11 is 0. The Morgan fingerprint density at radius 2 is 1.09 bits per heavy atom. The van der Waals surface area contributed by atoms with E-state index < -0.39 is 0 Å². The molecule has 0 radical (unpaired) electrons. The lowest BCUT2D eigenvalue weighted by molar-refractivity contribution is 0.635. The van der Waals surface area contributed by atoms with Crippen molar-refractivity contribution in [3.63, 3.8) is 0 Å². The van der Waals surface area contributed by atoms with Crippen LogP contribution in [0.15, 0.2) is 188 Å². The average Bonchev–Trinajstić information content (AvgIpc) is 3.27. The van der Waals surface area contributed by atoms with Gasteiger partial charge in [-0.05, 0) is 64.6 Å². The van der Waals surface area contributed by atoms with Crippen LogP contribution in [0.3, 0.4) is 0 Å². The zero-order valence-electron chi connectivity index (χ0n) is 29.9. The van der Waals surface area contributed by atoms with Crippen molar-refractivity contribution in [3.05, 3.63) is 199 Å². The van der Waals surface area contributed by atoms with Crippen LogP contribution >= 0.6 is 0 Å². The summed E-state index contributed by atoms with van der Waals surface area (Å²) < 4.78 is 0. The van der Waals surface area contributed by atoms with Crippen LogP contribution in [0.2, 0.25) is 0 Å². The summed E-state index contributed by atoms with van der Waals surface area (Å²) in [7, 11) is 0. The fourth-order valence-corrected chi connectivity index (χ4v) is 6.90. The van der Waals surface area contributed by atoms with E-state index in [2.05, 4.69) is 122 Å². The molecule has 256 valence electrons. The largest absolute Gasteiger partial charge is 0.295 e. The number of fused-ring (bicyclic) bond motifs is 1. The summed E-state index contributed by atoms with van der Waals surface area (Å²) in [5.41, 5.74) is 9.92. The molecule has 8 rings (SSSR count). The fourth-order valence-electron chi connectivity index (χ4n) is 6.90. The third kappa shape index (κ3) is 6.85. The molecule has 7 aromatic rings. The van der Waals surface area contributed by atoms with Crippen molar-refractivity contribution in [1.82, 2.24) is 19.9 Å². The molecule has 0 amide bonds. The minimum atomic E-state index is -0.377. The SMILES string of the molecule is C=C1/C=C\C=C/Cc2cccc(N(c3ccc(-c4ccccc4)cc3)c3cccc(-c4nc(-c5ccccc5)nc(-c5ccccc5)n4)n3)c2C1(C)C. The Morgan fingerprint density at radius 1 is 0.528 bits per heavy atom. The van der Waals surface area contributed by atoms with Gasteiger partial charge in [0, 0.05) is 22.2 Å². The molecule has 5 heteroatoms. The van der Waals surface area contributed by atoms with Gasteiger partial charge in [-0.15, -0.1) is 0 Å². The minimum absolute atomic E-state index is 0.377. The molecule has 53 heavy (non-hydrogen) atoms. The van der Waals surface area contributed by atoms with Crippen LogP contribution in [-0.2, 0) is 11.8 Å². The highest BCUT2D eigenvalue weighted by atomic mass is 15.2. The first-order chi connectivity index (χ1) is 26.0. The van der Waals surface area contributed by atoms with Gasteiger partial charge in [-0.2, -0.15) is 0 Å². The van der Waals surface area contributed by atoms with Gasteiger partial charge in [0.05, 0.1) is 5.69 Å². The number of benzene rings is 5. The topological polar surface area (TPSA) is 54.8 Å². The second kappa shape index (κ2) is 14.5. The zero-order chi connectivity index (χ0) is 36.2. The van der Waals surface area contributed by atoms with Gasteiger partial charge >= 0.3 is 0 Å². The number of hydrogen-bond acceptors (Lipinski definition) is 5. The number of nitrogens with zero attached hydrogens (tertiary/aromatic N) is 5. The summed E-state index contributed by atoms with van der Waals surface area (Å²) in [4.78, 5) is 22.5. The molecule has 0 aliphatic heterocycles. The van der Waals surface area contributed by atoms with Crippen LogP contribution in [0, 0.1) is 0 Å². The third-order valence-corrected chi connectivity index (χ3v) is 9.80. The molecule has 0 saturated carbocycles. The maximum Gasteiger partial charge on any atom is 0.182 e. The second-order valence-electron chi connectivity index (χ2n) is 13.6. The van der Waals surface area contributed by atoms with Gasteiger partial charge in [0.15, 0.2) is 17.5 Å². The molecular formula is C48H39N5. The predicted octanol–water partition coefficient (Wildman–Crippen LogP) is 11.9. The standard InChI is InChI=1S/C48H39N5/c1-34-18-8-4-11-21-37-26-16-28-42(44(37)48(34,2)3)53(40-32-30-36(31-33-40)35-19-9-5-10-20-35)43-29-17-27-41(49-43)47-51-45(38-22-12-6-13-23-38)50-46(52-47)39-24-14-7-15-25-39/h4-20,22-33H,1,21H2,2-3H3/b11-4-,18-8-. The molecule has 0 atom stereocenters. The van der Waals surface area contributed by atoms with Crippen molar-refractivity contribution in [2.45, 2.75) is 25.7 Å². The fraction of sp³-hybridized carbons (Fsp3) is 0.0833. The van der Waals surface area contributed by atoms with Crippen LogP contribution in [0.4, 0.5) is 17.2 Å². The monoisotopic (exact) mass is 685 g/mol. The molecule has 0 unspecified atom stereocenters. The quantitative estimate of drug-likeness (QED) is 0.167. The highest BCUT2D eigenvalue weighted by Crippen LogP contribution is 2.45. The van der Waals surface area contributed by atoms with Gasteiger partial charge in [-0.1, -0.05) is 166 Å². The Labute approximate surface area is 311 Å². The first-order valence-corrected chi connectivity index (χ1v) is 17.9. The lowest BCUT2D eigenvalue weighted by atomic mass is 9.74. The first-order valence-electron chi connectivity index (χ1n) is 17.9. The van der Waals surface area contributed by atoms with Gasteiger partial charge in [0.1, 0.15) is 11.5 Å². The Bertz CT molecular complexity index is 2390. The van der Waals surface area contributed by atoms with Crippen molar-refractivity contribution in [1.29, 1.82) is 0 Å². The molecule has 0 fully saturated rings. The Balaban J connectivity index is 1.32. The van der Waals surface area contributed by atoms with Crippen molar-refractivity contribution in [2.24, 2.45) is 0 Å². The van der Waals surface area contributed by atoms with E-state index in [9.17, 15) is 0 Å². The van der Waals surface area contributed by atoms with E-state index in [0.717, 1.165) is 45.9 Å². The van der Waals surface area contributed by atoms with E-state index in [0.29, 0.717) is 23.2 Å². The molecule has 0 bridgehead atoms. The van der Waals surface area contributed by atoms with Crippen LogP contribution in [0.5, 0.6) is 0 Å². The molecule has 0 spiro atoms. The molecule has 5 nitrogen and oxygen atoms in total. The summed E-state index contributed by atoms with van der Waals surface area (Å²) in [5.74, 6) is 2.44. The zero-order valence-corrected chi connectivity index (χ0v) is 29.9. The summed E-state index contributed by atoms with van der Waals surface area (Å²) in [6, 6.07) is 51.8. The third-order valence-electron chi connectivity index (χ3n) is 9.80. The number of rotatable bonds is 7. The number of aromatic nitrogens is 4. The van der Waals surface area contributed by atoms with Gasteiger partial charge < -0.3 is 0 Å². The number of anilines is 3. The molecular weight excluding hydrogens is 647 g/mol.